The van der Waals surface area contributed by atoms with Crippen LogP contribution in [0.3, 0.4) is 0 Å². The first-order valence-electron chi connectivity index (χ1n) is 4.41. The minimum atomic E-state index is -0.185. The summed E-state index contributed by atoms with van der Waals surface area (Å²) in [5.41, 5.74) is 5.38. The lowest BCUT2D eigenvalue weighted by Gasteiger charge is -2.31. The minimum absolute atomic E-state index is 0.147. The van der Waals surface area contributed by atoms with Crippen LogP contribution in [0.4, 0.5) is 0 Å². The number of amidine groups is 1. The topological polar surface area (TPSA) is 62.3 Å². The van der Waals surface area contributed by atoms with Gasteiger partial charge in [-0.05, 0) is 6.26 Å². The maximum Gasteiger partial charge on any atom is 0.127 e. The molecule has 5 heteroatoms. The molecule has 1 rings (SSSR count). The van der Waals surface area contributed by atoms with Crippen LogP contribution in [0.25, 0.3) is 0 Å². The van der Waals surface area contributed by atoms with Gasteiger partial charge in [0.15, 0.2) is 0 Å². The van der Waals surface area contributed by atoms with Crippen molar-refractivity contribution in [3.8, 4) is 0 Å². The molecule has 1 aliphatic rings. The fourth-order valence-electron chi connectivity index (χ4n) is 1.31. The summed E-state index contributed by atoms with van der Waals surface area (Å²) in [6.45, 7) is 3.49. The quantitative estimate of drug-likeness (QED) is 0.498. The minimum Gasteiger partial charge on any atom is -0.385 e. The molecule has 1 unspecified atom stereocenters. The Labute approximate surface area is 83.3 Å². The first-order chi connectivity index (χ1) is 6.24. The van der Waals surface area contributed by atoms with Crippen molar-refractivity contribution < 1.29 is 4.74 Å². The molecule has 1 fully saturated rings. The number of morpholine rings is 1. The molecule has 0 bridgehead atoms. The van der Waals surface area contributed by atoms with Crippen molar-refractivity contribution in [3.05, 3.63) is 0 Å². The maximum absolute atomic E-state index is 7.28. The third-order valence-corrected chi connectivity index (χ3v) is 2.70. The molecule has 0 aromatic rings. The second kappa shape index (κ2) is 5.47. The van der Waals surface area contributed by atoms with E-state index in [1.165, 1.54) is 0 Å². The average Bonchev–Trinajstić information content (AvgIpc) is 2.15. The van der Waals surface area contributed by atoms with E-state index in [0.29, 0.717) is 6.61 Å². The largest absolute Gasteiger partial charge is 0.385 e. The van der Waals surface area contributed by atoms with Crippen LogP contribution in [0.2, 0.25) is 0 Å². The number of hydrogen-bond acceptors (Lipinski definition) is 4. The van der Waals surface area contributed by atoms with Crippen molar-refractivity contribution in [1.29, 1.82) is 5.41 Å². The highest BCUT2D eigenvalue weighted by molar-refractivity contribution is 7.98. The zero-order valence-electron chi connectivity index (χ0n) is 7.95. The number of nitrogens with one attached hydrogen (secondary N) is 1. The zero-order valence-corrected chi connectivity index (χ0v) is 8.77. The second-order valence-corrected chi connectivity index (χ2v) is 4.09. The summed E-state index contributed by atoms with van der Waals surface area (Å²) in [5, 5.41) is 7.28. The molecule has 0 saturated carbocycles. The molecule has 3 N–H and O–H groups in total. The highest BCUT2D eigenvalue weighted by Crippen LogP contribution is 2.05. The average molecular weight is 203 g/mol. The van der Waals surface area contributed by atoms with Gasteiger partial charge in [-0.1, -0.05) is 0 Å². The normalized spacial score (nSPS) is 24.5. The van der Waals surface area contributed by atoms with Crippen molar-refractivity contribution in [2.24, 2.45) is 5.73 Å². The van der Waals surface area contributed by atoms with E-state index in [4.69, 9.17) is 15.9 Å². The van der Waals surface area contributed by atoms with E-state index < -0.39 is 0 Å². The van der Waals surface area contributed by atoms with Gasteiger partial charge in [-0.2, -0.15) is 11.8 Å². The van der Waals surface area contributed by atoms with Crippen LogP contribution in [-0.4, -0.2) is 55.1 Å². The smallest absolute Gasteiger partial charge is 0.127 e. The number of ether oxygens (including phenoxy) is 1. The van der Waals surface area contributed by atoms with Crippen LogP contribution >= 0.6 is 11.8 Å². The molecule has 0 radical (unpaired) electrons. The van der Waals surface area contributed by atoms with Crippen LogP contribution in [0.1, 0.15) is 0 Å². The lowest BCUT2D eigenvalue weighted by Crippen LogP contribution is -2.48. The first kappa shape index (κ1) is 10.8. The van der Waals surface area contributed by atoms with Gasteiger partial charge in [-0.15, -0.1) is 0 Å². The second-order valence-electron chi connectivity index (χ2n) is 3.11. The molecule has 0 amide bonds. The Morgan fingerprint density at radius 2 is 2.54 bits per heavy atom. The molecule has 13 heavy (non-hydrogen) atoms. The molecule has 1 atom stereocenters. The fraction of sp³-hybridized carbons (Fsp3) is 0.875. The van der Waals surface area contributed by atoms with Crippen LogP contribution in [0.15, 0.2) is 0 Å². The van der Waals surface area contributed by atoms with Crippen molar-refractivity contribution in [2.45, 2.75) is 6.10 Å². The predicted molar refractivity (Wildman–Crippen MR) is 56.5 cm³/mol. The summed E-state index contributed by atoms with van der Waals surface area (Å²) in [5.74, 6) is 1.28. The molecule has 1 heterocycles. The zero-order chi connectivity index (χ0) is 9.68. The fourth-order valence-corrected chi connectivity index (χ4v) is 1.75. The van der Waals surface area contributed by atoms with E-state index >= 15 is 0 Å². The van der Waals surface area contributed by atoms with Crippen LogP contribution in [0.5, 0.6) is 0 Å². The molecule has 76 valence electrons. The van der Waals surface area contributed by atoms with Gasteiger partial charge in [0.25, 0.3) is 0 Å². The summed E-state index contributed by atoms with van der Waals surface area (Å²) >= 11 is 1.84. The van der Waals surface area contributed by atoms with Crippen molar-refractivity contribution >= 4 is 17.6 Å². The van der Waals surface area contributed by atoms with Crippen LogP contribution < -0.4 is 5.73 Å². The molecule has 1 saturated heterocycles. The summed E-state index contributed by atoms with van der Waals surface area (Å²) in [6, 6.07) is 0. The van der Waals surface area contributed by atoms with Gasteiger partial charge in [0.2, 0.25) is 0 Å². The number of hydrogen-bond donors (Lipinski definition) is 2. The standard InChI is InChI=1S/C8H17N3OS/c1-13-5-3-11-2-4-12-7(6-11)8(9)10/h7H,2-6H2,1H3,(H3,9,10). The summed E-state index contributed by atoms with van der Waals surface area (Å²) in [6.07, 6.45) is 1.92. The van der Waals surface area contributed by atoms with E-state index in [1.807, 2.05) is 11.8 Å². The number of nitrogens with two attached hydrogens (primary N) is 1. The molecular formula is C8H17N3OS. The molecular weight excluding hydrogens is 186 g/mol. The maximum atomic E-state index is 7.28. The Morgan fingerprint density at radius 3 is 3.15 bits per heavy atom. The van der Waals surface area contributed by atoms with Gasteiger partial charge in [0, 0.05) is 25.4 Å². The van der Waals surface area contributed by atoms with Gasteiger partial charge in [-0.25, -0.2) is 0 Å². The number of rotatable bonds is 4. The van der Waals surface area contributed by atoms with E-state index in [-0.39, 0.29) is 11.9 Å². The monoisotopic (exact) mass is 203 g/mol. The van der Waals surface area contributed by atoms with Crippen LogP contribution in [-0.2, 0) is 4.74 Å². The van der Waals surface area contributed by atoms with E-state index in [9.17, 15) is 0 Å². The van der Waals surface area contributed by atoms with E-state index in [0.717, 1.165) is 25.4 Å². The van der Waals surface area contributed by atoms with Crippen molar-refractivity contribution in [1.82, 2.24) is 4.90 Å². The molecule has 0 spiro atoms. The summed E-state index contributed by atoms with van der Waals surface area (Å²) in [4.78, 5) is 2.30. The van der Waals surface area contributed by atoms with Gasteiger partial charge >= 0.3 is 0 Å². The lowest BCUT2D eigenvalue weighted by atomic mass is 10.2. The molecule has 4 nitrogen and oxygen atoms in total. The highest BCUT2D eigenvalue weighted by Gasteiger charge is 2.21. The first-order valence-corrected chi connectivity index (χ1v) is 5.80. The SMILES string of the molecule is CSCCN1CCOC(C(=N)N)C1. The van der Waals surface area contributed by atoms with Crippen molar-refractivity contribution in [3.63, 3.8) is 0 Å². The molecule has 0 aromatic carbocycles. The van der Waals surface area contributed by atoms with E-state index in [2.05, 4.69) is 11.2 Å². The lowest BCUT2D eigenvalue weighted by molar-refractivity contribution is 0.00830. The third kappa shape index (κ3) is 3.54. The Balaban J connectivity index is 2.29. The summed E-state index contributed by atoms with van der Waals surface area (Å²) in [7, 11) is 0. The van der Waals surface area contributed by atoms with Gasteiger partial charge in [0.1, 0.15) is 11.9 Å². The molecule has 1 aliphatic heterocycles. The number of thioether (sulfide) groups is 1. The van der Waals surface area contributed by atoms with E-state index in [1.54, 1.807) is 0 Å². The predicted octanol–water partition coefficient (Wildman–Crippen LogP) is -0.0138. The number of nitrogens with zero attached hydrogens (tertiary/aromatic N) is 1. The summed E-state index contributed by atoms with van der Waals surface area (Å²) < 4.78 is 5.35. The van der Waals surface area contributed by atoms with Gasteiger partial charge in [0.05, 0.1) is 6.61 Å². The highest BCUT2D eigenvalue weighted by atomic mass is 32.2. The van der Waals surface area contributed by atoms with Crippen LogP contribution in [0, 0.1) is 5.41 Å². The Morgan fingerprint density at radius 1 is 1.77 bits per heavy atom. The Bertz CT molecular complexity index is 177. The van der Waals surface area contributed by atoms with Gasteiger partial charge in [-0.3, -0.25) is 10.3 Å². The Hall–Kier alpha value is -0.260. The molecule has 0 aliphatic carbocycles. The third-order valence-electron chi connectivity index (χ3n) is 2.11. The Kier molecular flexibility index (Phi) is 4.55. The van der Waals surface area contributed by atoms with Gasteiger partial charge < -0.3 is 10.5 Å². The van der Waals surface area contributed by atoms with Crippen molar-refractivity contribution in [2.75, 3.05) is 38.2 Å². The molecule has 0 aromatic heterocycles.